The molecule has 0 aliphatic heterocycles. The van der Waals surface area contributed by atoms with Crippen LogP contribution in [0.15, 0.2) is 0 Å². The topological polar surface area (TPSA) is 69.7 Å². The molecule has 0 aromatic heterocycles. The summed E-state index contributed by atoms with van der Waals surface area (Å²) in [5, 5.41) is 0. The first-order valence-electron chi connectivity index (χ1n) is 6.18. The van der Waals surface area contributed by atoms with Gasteiger partial charge < -0.3 is 9.47 Å². The number of Topliss-reactive ketones (excluding diaryl/α,β-unsaturated/α-hetero) is 1. The van der Waals surface area contributed by atoms with E-state index < -0.39 is 29.4 Å². The maximum atomic E-state index is 11.9. The van der Waals surface area contributed by atoms with Crippen molar-refractivity contribution >= 4 is 17.7 Å². The van der Waals surface area contributed by atoms with Gasteiger partial charge in [-0.3, -0.25) is 14.4 Å². The lowest BCUT2D eigenvalue weighted by Crippen LogP contribution is -2.36. The molecule has 1 aliphatic carbocycles. The van der Waals surface area contributed by atoms with Gasteiger partial charge in [-0.2, -0.15) is 0 Å². The molecule has 2 unspecified atom stereocenters. The fourth-order valence-corrected chi connectivity index (χ4v) is 2.01. The minimum absolute atomic E-state index is 0.230. The summed E-state index contributed by atoms with van der Waals surface area (Å²) >= 11 is 0. The van der Waals surface area contributed by atoms with Gasteiger partial charge >= 0.3 is 11.9 Å². The van der Waals surface area contributed by atoms with E-state index in [9.17, 15) is 14.4 Å². The van der Waals surface area contributed by atoms with E-state index in [1.165, 1.54) is 0 Å². The number of carbonyl (C=O) groups excluding carboxylic acids is 3. The number of carbonyl (C=O) groups is 3. The van der Waals surface area contributed by atoms with Crippen LogP contribution in [-0.2, 0) is 23.9 Å². The normalized spacial score (nSPS) is 23.9. The Bertz CT molecular complexity index is 353. The number of ether oxygens (including phenoxy) is 2. The monoisotopic (exact) mass is 256 g/mol. The Morgan fingerprint density at radius 3 is 2.39 bits per heavy atom. The smallest absolute Gasteiger partial charge is 0.317 e. The van der Waals surface area contributed by atoms with Gasteiger partial charge in [0.05, 0.1) is 12.5 Å². The van der Waals surface area contributed by atoms with Crippen LogP contribution in [-0.4, -0.2) is 29.9 Å². The van der Waals surface area contributed by atoms with Gasteiger partial charge in [-0.1, -0.05) is 0 Å². The van der Waals surface area contributed by atoms with E-state index in [-0.39, 0.29) is 18.8 Å². The molecular formula is C13H20O5. The third kappa shape index (κ3) is 3.55. The van der Waals surface area contributed by atoms with Crippen LogP contribution in [0.25, 0.3) is 0 Å². The zero-order valence-corrected chi connectivity index (χ0v) is 11.3. The molecule has 2 atom stereocenters. The molecule has 0 aromatic carbocycles. The molecule has 0 spiro atoms. The first kappa shape index (κ1) is 14.7. The van der Waals surface area contributed by atoms with E-state index in [0.717, 1.165) is 0 Å². The van der Waals surface area contributed by atoms with Gasteiger partial charge in [0.25, 0.3) is 0 Å². The van der Waals surface area contributed by atoms with E-state index in [2.05, 4.69) is 0 Å². The Labute approximate surface area is 107 Å². The number of ketones is 1. The van der Waals surface area contributed by atoms with Gasteiger partial charge in [-0.15, -0.1) is 0 Å². The van der Waals surface area contributed by atoms with Crippen molar-refractivity contribution in [3.05, 3.63) is 0 Å². The fourth-order valence-electron chi connectivity index (χ4n) is 2.01. The molecule has 5 heteroatoms. The van der Waals surface area contributed by atoms with Gasteiger partial charge in [-0.25, -0.2) is 0 Å². The first-order chi connectivity index (χ1) is 8.26. The predicted octanol–water partition coefficient (Wildman–Crippen LogP) is 1.49. The van der Waals surface area contributed by atoms with Crippen molar-refractivity contribution in [1.82, 2.24) is 0 Å². The molecule has 0 amide bonds. The first-order valence-corrected chi connectivity index (χ1v) is 6.18. The highest BCUT2D eigenvalue weighted by molar-refractivity contribution is 6.04. The van der Waals surface area contributed by atoms with Crippen molar-refractivity contribution in [1.29, 1.82) is 0 Å². The standard InChI is InChI=1S/C13H20O5/c1-5-17-11(15)8-6-7-9(14)10(8)12(16)18-13(2,3)4/h8,10H,5-7H2,1-4H3. The van der Waals surface area contributed by atoms with Crippen LogP contribution in [0, 0.1) is 11.8 Å². The highest BCUT2D eigenvalue weighted by Gasteiger charge is 2.46. The highest BCUT2D eigenvalue weighted by atomic mass is 16.6. The quantitative estimate of drug-likeness (QED) is 0.565. The van der Waals surface area contributed by atoms with Crippen LogP contribution in [0.5, 0.6) is 0 Å². The van der Waals surface area contributed by atoms with Gasteiger partial charge in [0, 0.05) is 6.42 Å². The molecule has 1 rings (SSSR count). The molecule has 0 saturated heterocycles. The summed E-state index contributed by atoms with van der Waals surface area (Å²) in [6.45, 7) is 7.11. The Hall–Kier alpha value is -1.39. The Morgan fingerprint density at radius 2 is 1.89 bits per heavy atom. The number of rotatable bonds is 3. The minimum atomic E-state index is -0.997. The van der Waals surface area contributed by atoms with Crippen molar-refractivity contribution in [3.8, 4) is 0 Å². The van der Waals surface area contributed by atoms with Crippen molar-refractivity contribution < 1.29 is 23.9 Å². The molecule has 1 saturated carbocycles. The predicted molar refractivity (Wildman–Crippen MR) is 63.7 cm³/mol. The molecular weight excluding hydrogens is 236 g/mol. The van der Waals surface area contributed by atoms with Crippen LogP contribution >= 0.6 is 0 Å². The molecule has 18 heavy (non-hydrogen) atoms. The van der Waals surface area contributed by atoms with E-state index in [4.69, 9.17) is 9.47 Å². The lowest BCUT2D eigenvalue weighted by atomic mass is 9.95. The number of esters is 2. The minimum Gasteiger partial charge on any atom is -0.466 e. The third-order valence-corrected chi connectivity index (χ3v) is 2.70. The second-order valence-corrected chi connectivity index (χ2v) is 5.37. The van der Waals surface area contributed by atoms with Gasteiger partial charge in [-0.05, 0) is 34.1 Å². The van der Waals surface area contributed by atoms with Crippen molar-refractivity contribution in [3.63, 3.8) is 0 Å². The summed E-state index contributed by atoms with van der Waals surface area (Å²) < 4.78 is 10.1. The molecule has 1 aliphatic rings. The van der Waals surface area contributed by atoms with Gasteiger partial charge in [0.1, 0.15) is 17.3 Å². The largest absolute Gasteiger partial charge is 0.466 e. The SMILES string of the molecule is CCOC(=O)C1CCC(=O)C1C(=O)OC(C)(C)C. The van der Waals surface area contributed by atoms with Crippen LogP contribution < -0.4 is 0 Å². The summed E-state index contributed by atoms with van der Waals surface area (Å²) in [5.41, 5.74) is -0.667. The Balaban J connectivity index is 2.79. The summed E-state index contributed by atoms with van der Waals surface area (Å²) in [4.78, 5) is 35.3. The maximum Gasteiger partial charge on any atom is 0.317 e. The summed E-state index contributed by atoms with van der Waals surface area (Å²) in [5.74, 6) is -3.03. The van der Waals surface area contributed by atoms with Gasteiger partial charge in [0.15, 0.2) is 0 Å². The highest BCUT2D eigenvalue weighted by Crippen LogP contribution is 2.32. The average Bonchev–Trinajstić information content (AvgIpc) is 2.58. The molecule has 0 heterocycles. The summed E-state index contributed by atoms with van der Waals surface area (Å²) in [7, 11) is 0. The molecule has 0 N–H and O–H groups in total. The van der Waals surface area contributed by atoms with Gasteiger partial charge in [0.2, 0.25) is 0 Å². The zero-order valence-electron chi connectivity index (χ0n) is 11.3. The molecule has 5 nitrogen and oxygen atoms in total. The van der Waals surface area contributed by atoms with E-state index in [1.54, 1.807) is 27.7 Å². The van der Waals surface area contributed by atoms with E-state index in [0.29, 0.717) is 6.42 Å². The van der Waals surface area contributed by atoms with Crippen LogP contribution in [0.1, 0.15) is 40.5 Å². The average molecular weight is 256 g/mol. The fraction of sp³-hybridized carbons (Fsp3) is 0.769. The lowest BCUT2D eigenvalue weighted by molar-refractivity contribution is -0.168. The zero-order chi connectivity index (χ0) is 13.9. The molecule has 0 bridgehead atoms. The maximum absolute atomic E-state index is 11.9. The summed E-state index contributed by atoms with van der Waals surface area (Å²) in [6, 6.07) is 0. The Morgan fingerprint density at radius 1 is 1.28 bits per heavy atom. The second kappa shape index (κ2) is 5.50. The van der Waals surface area contributed by atoms with Crippen LogP contribution in [0.2, 0.25) is 0 Å². The Kier molecular flexibility index (Phi) is 4.48. The second-order valence-electron chi connectivity index (χ2n) is 5.37. The summed E-state index contributed by atoms with van der Waals surface area (Å²) in [6.07, 6.45) is 0.592. The van der Waals surface area contributed by atoms with E-state index >= 15 is 0 Å². The number of hydrogen-bond acceptors (Lipinski definition) is 5. The lowest BCUT2D eigenvalue weighted by Gasteiger charge is -2.23. The van der Waals surface area contributed by atoms with Crippen LogP contribution in [0.3, 0.4) is 0 Å². The molecule has 1 fully saturated rings. The van der Waals surface area contributed by atoms with Crippen molar-refractivity contribution in [2.75, 3.05) is 6.61 Å². The third-order valence-electron chi connectivity index (χ3n) is 2.70. The molecule has 0 radical (unpaired) electrons. The van der Waals surface area contributed by atoms with Crippen molar-refractivity contribution in [2.24, 2.45) is 11.8 Å². The van der Waals surface area contributed by atoms with Crippen LogP contribution in [0.4, 0.5) is 0 Å². The molecule has 102 valence electrons. The van der Waals surface area contributed by atoms with Crippen molar-refractivity contribution in [2.45, 2.75) is 46.1 Å². The molecule has 0 aromatic rings. The van der Waals surface area contributed by atoms with E-state index in [1.807, 2.05) is 0 Å². The number of hydrogen-bond donors (Lipinski definition) is 0.